The van der Waals surface area contributed by atoms with Crippen molar-refractivity contribution < 1.29 is 0 Å². The van der Waals surface area contributed by atoms with Gasteiger partial charge in [-0.2, -0.15) is 15.1 Å². The van der Waals surface area contributed by atoms with Crippen LogP contribution in [0.25, 0.3) is 11.0 Å². The van der Waals surface area contributed by atoms with E-state index in [4.69, 9.17) is 0 Å². The first kappa shape index (κ1) is 12.4. The van der Waals surface area contributed by atoms with Gasteiger partial charge in [-0.3, -0.25) is 5.10 Å². The van der Waals surface area contributed by atoms with Gasteiger partial charge >= 0.3 is 0 Å². The molecule has 0 spiro atoms. The van der Waals surface area contributed by atoms with Gasteiger partial charge in [0.15, 0.2) is 5.65 Å². The van der Waals surface area contributed by atoms with Crippen LogP contribution in [0.15, 0.2) is 30.5 Å². The van der Waals surface area contributed by atoms with Gasteiger partial charge in [-0.25, -0.2) is 0 Å². The van der Waals surface area contributed by atoms with Crippen LogP contribution < -0.4 is 10.2 Å². The maximum atomic E-state index is 4.54. The van der Waals surface area contributed by atoms with E-state index in [1.54, 1.807) is 13.2 Å². The van der Waals surface area contributed by atoms with Crippen LogP contribution in [0.3, 0.4) is 0 Å². The Bertz CT molecular complexity index is 748. The Morgan fingerprint density at radius 2 is 2.10 bits per heavy atom. The fourth-order valence-corrected chi connectivity index (χ4v) is 2.15. The van der Waals surface area contributed by atoms with Crippen molar-refractivity contribution >= 4 is 28.5 Å². The molecule has 3 aromatic rings. The predicted octanol–water partition coefficient (Wildman–Crippen LogP) is 2.47. The lowest BCUT2D eigenvalue weighted by Gasteiger charge is -2.19. The number of hydrogen-bond acceptors (Lipinski definition) is 5. The largest absolute Gasteiger partial charge is 0.357 e. The van der Waals surface area contributed by atoms with Crippen LogP contribution in [0.5, 0.6) is 0 Å². The van der Waals surface area contributed by atoms with Gasteiger partial charge in [0.1, 0.15) is 5.82 Å². The molecule has 2 heterocycles. The molecule has 0 radical (unpaired) electrons. The highest BCUT2D eigenvalue weighted by atomic mass is 15.2. The lowest BCUT2D eigenvalue weighted by molar-refractivity contribution is 1.07. The first-order valence-corrected chi connectivity index (χ1v) is 6.38. The Morgan fingerprint density at radius 3 is 2.85 bits per heavy atom. The molecule has 0 bridgehead atoms. The van der Waals surface area contributed by atoms with Crippen LogP contribution in [-0.2, 0) is 0 Å². The third-order valence-corrected chi connectivity index (χ3v) is 3.22. The Kier molecular flexibility index (Phi) is 2.98. The van der Waals surface area contributed by atoms with E-state index in [1.165, 1.54) is 5.56 Å². The van der Waals surface area contributed by atoms with Gasteiger partial charge in [0.25, 0.3) is 0 Å². The van der Waals surface area contributed by atoms with Gasteiger partial charge in [-0.1, -0.05) is 12.1 Å². The number of aryl methyl sites for hydroxylation is 1. The molecule has 0 aliphatic carbocycles. The van der Waals surface area contributed by atoms with E-state index in [9.17, 15) is 0 Å². The second kappa shape index (κ2) is 4.80. The molecule has 2 N–H and O–H groups in total. The minimum atomic E-state index is 0.566. The molecule has 102 valence electrons. The maximum Gasteiger partial charge on any atom is 0.226 e. The van der Waals surface area contributed by atoms with Crippen LogP contribution in [-0.4, -0.2) is 34.3 Å². The van der Waals surface area contributed by atoms with Crippen molar-refractivity contribution in [3.05, 3.63) is 36.0 Å². The van der Waals surface area contributed by atoms with Crippen LogP contribution in [0.2, 0.25) is 0 Å². The summed E-state index contributed by atoms with van der Waals surface area (Å²) < 4.78 is 0. The van der Waals surface area contributed by atoms with Crippen LogP contribution in [0.4, 0.5) is 17.5 Å². The lowest BCUT2D eigenvalue weighted by atomic mass is 10.2. The summed E-state index contributed by atoms with van der Waals surface area (Å²) in [5, 5.41) is 10.8. The maximum absolute atomic E-state index is 4.54. The zero-order chi connectivity index (χ0) is 14.1. The molecule has 0 saturated heterocycles. The standard InChI is InChI=1S/C14H16N6/c1-9-5-4-6-10(7-9)20(3)13-11-8-16-19-12(11)17-14(15-2)18-13/h4-8H,1-3H3,(H2,15,16,17,18,19). The quantitative estimate of drug-likeness (QED) is 0.763. The number of aromatic nitrogens is 4. The van der Waals surface area contributed by atoms with Gasteiger partial charge in [-0.15, -0.1) is 0 Å². The van der Waals surface area contributed by atoms with Crippen molar-refractivity contribution in [1.29, 1.82) is 0 Å². The van der Waals surface area contributed by atoms with E-state index in [0.717, 1.165) is 22.5 Å². The van der Waals surface area contributed by atoms with Crippen molar-refractivity contribution in [1.82, 2.24) is 20.2 Å². The molecule has 20 heavy (non-hydrogen) atoms. The van der Waals surface area contributed by atoms with Crippen molar-refractivity contribution in [2.24, 2.45) is 0 Å². The number of nitrogens with one attached hydrogen (secondary N) is 2. The van der Waals surface area contributed by atoms with Crippen LogP contribution >= 0.6 is 0 Å². The molecule has 0 fully saturated rings. The highest BCUT2D eigenvalue weighted by Gasteiger charge is 2.14. The van der Waals surface area contributed by atoms with Gasteiger partial charge < -0.3 is 10.2 Å². The van der Waals surface area contributed by atoms with Crippen molar-refractivity contribution in [2.45, 2.75) is 6.92 Å². The smallest absolute Gasteiger partial charge is 0.226 e. The molecule has 3 rings (SSSR count). The number of aromatic amines is 1. The Morgan fingerprint density at radius 1 is 1.25 bits per heavy atom. The molecule has 0 atom stereocenters. The highest BCUT2D eigenvalue weighted by molar-refractivity contribution is 5.89. The number of nitrogens with zero attached hydrogens (tertiary/aromatic N) is 4. The molecule has 6 nitrogen and oxygen atoms in total. The second-order valence-corrected chi connectivity index (χ2v) is 4.65. The minimum Gasteiger partial charge on any atom is -0.357 e. The van der Waals surface area contributed by atoms with Crippen LogP contribution in [0, 0.1) is 6.92 Å². The first-order valence-electron chi connectivity index (χ1n) is 6.38. The predicted molar refractivity (Wildman–Crippen MR) is 80.5 cm³/mol. The fourth-order valence-electron chi connectivity index (χ4n) is 2.15. The molecule has 0 amide bonds. The summed E-state index contributed by atoms with van der Waals surface area (Å²) in [7, 11) is 3.79. The number of anilines is 3. The van der Waals surface area contributed by atoms with E-state index in [-0.39, 0.29) is 0 Å². The summed E-state index contributed by atoms with van der Waals surface area (Å²) >= 11 is 0. The summed E-state index contributed by atoms with van der Waals surface area (Å²) in [5.74, 6) is 1.38. The summed E-state index contributed by atoms with van der Waals surface area (Å²) in [5.41, 5.74) is 3.01. The Balaban J connectivity index is 2.15. The van der Waals surface area contributed by atoms with Crippen molar-refractivity contribution in [2.75, 3.05) is 24.3 Å². The van der Waals surface area contributed by atoms with Gasteiger partial charge in [0.2, 0.25) is 5.95 Å². The summed E-state index contributed by atoms with van der Waals surface area (Å²) in [4.78, 5) is 10.9. The topological polar surface area (TPSA) is 69.7 Å². The number of rotatable bonds is 3. The minimum absolute atomic E-state index is 0.566. The third kappa shape index (κ3) is 2.05. The number of benzene rings is 1. The van der Waals surface area contributed by atoms with E-state index in [1.807, 2.05) is 18.0 Å². The number of hydrogen-bond donors (Lipinski definition) is 2. The molecule has 0 unspecified atom stereocenters. The van der Waals surface area contributed by atoms with Gasteiger partial charge in [0, 0.05) is 19.8 Å². The zero-order valence-corrected chi connectivity index (χ0v) is 11.7. The molecule has 1 aromatic carbocycles. The molecule has 0 aliphatic rings. The Labute approximate surface area is 116 Å². The van der Waals surface area contributed by atoms with E-state index in [2.05, 4.69) is 50.6 Å². The van der Waals surface area contributed by atoms with Gasteiger partial charge in [0.05, 0.1) is 11.6 Å². The Hall–Kier alpha value is -2.63. The molecule has 0 aliphatic heterocycles. The summed E-state index contributed by atoms with van der Waals surface area (Å²) in [6.45, 7) is 2.07. The van der Waals surface area contributed by atoms with Gasteiger partial charge in [-0.05, 0) is 24.6 Å². The van der Waals surface area contributed by atoms with E-state index >= 15 is 0 Å². The summed E-state index contributed by atoms with van der Waals surface area (Å²) in [6.07, 6.45) is 1.75. The molecular weight excluding hydrogens is 252 g/mol. The average molecular weight is 268 g/mol. The lowest BCUT2D eigenvalue weighted by Crippen LogP contribution is -2.13. The fraction of sp³-hybridized carbons (Fsp3) is 0.214. The third-order valence-electron chi connectivity index (χ3n) is 3.22. The van der Waals surface area contributed by atoms with E-state index < -0.39 is 0 Å². The molecular formula is C14H16N6. The van der Waals surface area contributed by atoms with Crippen LogP contribution in [0.1, 0.15) is 5.56 Å². The summed E-state index contributed by atoms with van der Waals surface area (Å²) in [6, 6.07) is 8.28. The van der Waals surface area contributed by atoms with E-state index in [0.29, 0.717) is 5.95 Å². The average Bonchev–Trinajstić information content (AvgIpc) is 2.93. The molecule has 6 heteroatoms. The number of fused-ring (bicyclic) bond motifs is 1. The first-order chi connectivity index (χ1) is 9.69. The highest BCUT2D eigenvalue weighted by Crippen LogP contribution is 2.28. The van der Waals surface area contributed by atoms with Crippen molar-refractivity contribution in [3.8, 4) is 0 Å². The SMILES string of the molecule is CNc1nc(N(C)c2cccc(C)c2)c2cn[nH]c2n1. The molecule has 0 saturated carbocycles. The monoisotopic (exact) mass is 268 g/mol. The zero-order valence-electron chi connectivity index (χ0n) is 11.7. The number of H-pyrrole nitrogens is 1. The second-order valence-electron chi connectivity index (χ2n) is 4.65. The normalized spacial score (nSPS) is 10.8. The van der Waals surface area contributed by atoms with Crippen molar-refractivity contribution in [3.63, 3.8) is 0 Å². The molecule has 2 aromatic heterocycles.